The number of ether oxygens (including phenoxy) is 2. The lowest BCUT2D eigenvalue weighted by Gasteiger charge is -2.41. The number of hydrogen-bond donors (Lipinski definition) is 2. The summed E-state index contributed by atoms with van der Waals surface area (Å²) in [6.07, 6.45) is 6.35. The van der Waals surface area contributed by atoms with Crippen LogP contribution < -0.4 is 15.3 Å². The molecule has 8 atom stereocenters. The summed E-state index contributed by atoms with van der Waals surface area (Å²) in [5, 5.41) is 39.0. The highest BCUT2D eigenvalue weighted by molar-refractivity contribution is 14.1. The minimum atomic E-state index is -1.30. The van der Waals surface area contributed by atoms with E-state index in [0.717, 1.165) is 54.3 Å². The number of halogens is 5. The number of piperidine rings is 2. The molecule has 0 aliphatic carbocycles. The summed E-state index contributed by atoms with van der Waals surface area (Å²) < 4.78 is 91.6. The molecule has 0 radical (unpaired) electrons. The van der Waals surface area contributed by atoms with E-state index in [2.05, 4.69) is 87.1 Å². The summed E-state index contributed by atoms with van der Waals surface area (Å²) in [6, 6.07) is 8.84. The molecule has 28 heteroatoms. The van der Waals surface area contributed by atoms with E-state index < -0.39 is 52.6 Å². The van der Waals surface area contributed by atoms with Crippen LogP contribution >= 0.6 is 22.6 Å². The quantitative estimate of drug-likeness (QED) is 0.0399. The highest BCUT2D eigenvalue weighted by Crippen LogP contribution is 2.46. The lowest BCUT2D eigenvalue weighted by atomic mass is 9.78. The monoisotopic (exact) mass is 1390 g/mol. The Hall–Kier alpha value is -5.21. The molecule has 5 aliphatic heterocycles. The number of aliphatic hydroxyl groups excluding tert-OH is 2. The molecule has 0 spiro atoms. The maximum Gasteiger partial charge on any atom is 0.497 e. The summed E-state index contributed by atoms with van der Waals surface area (Å²) in [5.74, 6) is 0.344. The molecule has 20 nitrogen and oxygen atoms in total. The third-order valence-electron chi connectivity index (χ3n) is 18.9. The number of nitrogens with zero attached hydrogens (tertiary/aromatic N) is 14. The Balaban J connectivity index is 0.000000147. The zero-order chi connectivity index (χ0) is 64.7. The van der Waals surface area contributed by atoms with E-state index in [1.165, 1.54) is 0 Å². The van der Waals surface area contributed by atoms with Gasteiger partial charge < -0.3 is 38.8 Å². The van der Waals surface area contributed by atoms with Crippen LogP contribution in [0.2, 0.25) is 51.4 Å². The zero-order valence-corrected chi connectivity index (χ0v) is 58.4. The van der Waals surface area contributed by atoms with E-state index in [0.29, 0.717) is 98.3 Å². The lowest BCUT2D eigenvalue weighted by Crippen LogP contribution is -2.50. The van der Waals surface area contributed by atoms with Crippen LogP contribution in [0.15, 0.2) is 36.7 Å². The number of aromatic nitrogens is 12. The van der Waals surface area contributed by atoms with Crippen molar-refractivity contribution >= 4 is 107 Å². The summed E-state index contributed by atoms with van der Waals surface area (Å²) >= 11 is 2.14. The second-order valence-corrected chi connectivity index (χ2v) is 40.9. The Morgan fingerprint density at radius 2 is 1.09 bits per heavy atom. The standard InChI is InChI=1S/C28H37F2N7O2Si.C20H31FIN5O2Si.C14H18BFN2O2/c1-16-12-17-6-9-22(23(16)29)37(17)27-21(14-38)31-26-25(18-7-8-20-19(24(18)30)13-35(2)33-20)34-36(28(26)32-27)15-39-10-11-40(3,4)5;1-12-9-13-5-6-15(16(12)21)27(13)19-14(10-28)23-17-18(22)25-26(20(17)24-19)11-29-7-8-30(2,3)4;1-13(2)14(3,4)20-15(19-13)10-6-7-11-9(12(10)16)8-18(5)17-11/h7-8,13,16-17,22-23,38H,6,9-12,14-15H2,1-5H3;12-13,15-16,28H,5-11H2,1-4H3;6-8H,1-5H3/t16-,17-,22+,23-;12-,13-,15+,16-;/m00./s1. The molecule has 5 fully saturated rings. The largest absolute Gasteiger partial charge is 0.497 e. The molecule has 11 heterocycles. The topological polar surface area (TPSA) is 207 Å². The number of alkyl halides is 2. The first-order valence-corrected chi connectivity index (χ1v) is 40.0. The number of rotatable bonds is 16. The van der Waals surface area contributed by atoms with Crippen LogP contribution in [0.3, 0.4) is 0 Å². The summed E-state index contributed by atoms with van der Waals surface area (Å²) in [7, 11) is 0.364. The summed E-state index contributed by atoms with van der Waals surface area (Å²) in [5.41, 5.74) is 4.16. The Bertz CT molecular complexity index is 3920. The van der Waals surface area contributed by atoms with Gasteiger partial charge in [0.15, 0.2) is 26.6 Å². The molecule has 2 aromatic carbocycles. The van der Waals surface area contributed by atoms with E-state index in [1.54, 1.807) is 69.5 Å². The highest BCUT2D eigenvalue weighted by Gasteiger charge is 2.53. The number of anilines is 2. The van der Waals surface area contributed by atoms with Crippen LogP contribution in [0, 0.1) is 27.2 Å². The number of benzene rings is 2. The van der Waals surface area contributed by atoms with Gasteiger partial charge in [0.1, 0.15) is 65.6 Å². The van der Waals surface area contributed by atoms with Crippen LogP contribution in [0.1, 0.15) is 91.5 Å². The Labute approximate surface area is 539 Å². The van der Waals surface area contributed by atoms with E-state index in [1.807, 2.05) is 46.4 Å². The molecule has 4 bridgehead atoms. The molecule has 5 aliphatic rings. The van der Waals surface area contributed by atoms with Crippen molar-refractivity contribution in [2.45, 2.75) is 206 Å². The fraction of sp³-hybridized carbons (Fsp3) is 0.613. The first kappa shape index (κ1) is 66.3. The fourth-order valence-electron chi connectivity index (χ4n) is 13.2. The molecule has 0 saturated carbocycles. The molecule has 2 N–H and O–H groups in total. The van der Waals surface area contributed by atoms with Crippen LogP contribution in [0.5, 0.6) is 0 Å². The van der Waals surface area contributed by atoms with Crippen molar-refractivity contribution in [1.82, 2.24) is 59.1 Å². The molecule has 486 valence electrons. The first-order chi connectivity index (χ1) is 42.5. The van der Waals surface area contributed by atoms with Gasteiger partial charge in [-0.25, -0.2) is 46.9 Å². The van der Waals surface area contributed by atoms with E-state index >= 15 is 8.78 Å². The average molecular weight is 1390 g/mol. The molecular weight excluding hydrogens is 1310 g/mol. The van der Waals surface area contributed by atoms with Crippen LogP contribution in [0.4, 0.5) is 29.2 Å². The molecule has 0 amide bonds. The van der Waals surface area contributed by atoms with Gasteiger partial charge in [-0.15, -0.1) is 0 Å². The lowest BCUT2D eigenvalue weighted by molar-refractivity contribution is 0.00578. The van der Waals surface area contributed by atoms with Crippen LogP contribution in [-0.4, -0.2) is 153 Å². The maximum absolute atomic E-state index is 15.8. The molecule has 5 saturated heterocycles. The van der Waals surface area contributed by atoms with Crippen molar-refractivity contribution in [3.05, 3.63) is 63.4 Å². The molecule has 8 aromatic rings. The van der Waals surface area contributed by atoms with Gasteiger partial charge in [-0.2, -0.15) is 20.4 Å². The van der Waals surface area contributed by atoms with Crippen molar-refractivity contribution in [2.75, 3.05) is 23.0 Å². The first-order valence-electron chi connectivity index (χ1n) is 31.5. The highest BCUT2D eigenvalue weighted by atomic mass is 127. The third kappa shape index (κ3) is 13.1. The predicted octanol–water partition coefficient (Wildman–Crippen LogP) is 11.0. The van der Waals surface area contributed by atoms with Crippen molar-refractivity contribution in [1.29, 1.82) is 0 Å². The predicted molar refractivity (Wildman–Crippen MR) is 355 cm³/mol. The molecular formula is C62H86BF4IN14O6Si2. The van der Waals surface area contributed by atoms with Crippen molar-refractivity contribution < 1.29 is 46.6 Å². The van der Waals surface area contributed by atoms with Gasteiger partial charge in [-0.1, -0.05) is 59.2 Å². The second kappa shape index (κ2) is 25.6. The minimum absolute atomic E-state index is 0.0229. The maximum atomic E-state index is 15.8. The zero-order valence-electron chi connectivity index (χ0n) is 54.2. The van der Waals surface area contributed by atoms with E-state index in [4.69, 9.17) is 38.8 Å². The number of aryl methyl sites for hydroxylation is 2. The number of aliphatic hydroxyl groups is 2. The van der Waals surface area contributed by atoms with Gasteiger partial charge in [-0.3, -0.25) is 9.36 Å². The van der Waals surface area contributed by atoms with Gasteiger partial charge >= 0.3 is 7.12 Å². The van der Waals surface area contributed by atoms with Gasteiger partial charge in [0, 0.05) is 79.0 Å². The Kier molecular flexibility index (Phi) is 18.8. The summed E-state index contributed by atoms with van der Waals surface area (Å²) in [4.78, 5) is 23.4. The Morgan fingerprint density at radius 1 is 0.633 bits per heavy atom. The number of fused-ring (bicyclic) bond motifs is 8. The molecule has 6 aromatic heterocycles. The Morgan fingerprint density at radius 3 is 1.58 bits per heavy atom. The van der Waals surface area contributed by atoms with Gasteiger partial charge in [-0.05, 0) is 131 Å². The second-order valence-electron chi connectivity index (χ2n) is 28.7. The molecule has 90 heavy (non-hydrogen) atoms. The average Bonchev–Trinajstić information content (AvgIpc) is 1.55. The normalized spacial score (nSPS) is 23.8. The fourth-order valence-corrected chi connectivity index (χ4v) is 15.3. The van der Waals surface area contributed by atoms with Crippen LogP contribution in [-0.2, 0) is 59.6 Å². The van der Waals surface area contributed by atoms with Gasteiger partial charge in [0.25, 0.3) is 0 Å². The van der Waals surface area contributed by atoms with E-state index in [-0.39, 0.29) is 67.3 Å². The van der Waals surface area contributed by atoms with Crippen molar-refractivity contribution in [3.8, 4) is 11.3 Å². The number of hydrogen-bond acceptors (Lipinski definition) is 16. The van der Waals surface area contributed by atoms with Crippen molar-refractivity contribution in [3.63, 3.8) is 0 Å². The molecule has 0 unspecified atom stereocenters. The SMILES string of the molecule is C[C@H]1C[C@@H]2CC[C@H]([C@H]1F)N2c1nc2c(nc1CO)c(-c1ccc3nn(C)cc3c1F)nn2COCC[Si](C)(C)C.C[C@H]1C[C@@H]2CC[C@H]([C@H]1F)N2c1nc2c(nc1CO)c(I)nn2COCC[Si](C)(C)C.Cn1cc2c(F)c(B3OC(C)(C)C(C)(C)O3)ccc2n1. The van der Waals surface area contributed by atoms with Crippen LogP contribution in [0.25, 0.3) is 55.4 Å². The summed E-state index contributed by atoms with van der Waals surface area (Å²) in [6.45, 7) is 26.7. The van der Waals surface area contributed by atoms with Crippen molar-refractivity contribution in [2.24, 2.45) is 25.9 Å². The van der Waals surface area contributed by atoms with Gasteiger partial charge in [0.2, 0.25) is 0 Å². The van der Waals surface area contributed by atoms with Gasteiger partial charge in [0.05, 0.1) is 58.3 Å². The molecule has 13 rings (SSSR count). The smallest absolute Gasteiger partial charge is 0.399 e. The van der Waals surface area contributed by atoms with E-state index in [9.17, 15) is 19.0 Å². The minimum Gasteiger partial charge on any atom is -0.399 e. The third-order valence-corrected chi connectivity index (χ3v) is 23.0.